The summed E-state index contributed by atoms with van der Waals surface area (Å²) in [6.07, 6.45) is 5.11. The summed E-state index contributed by atoms with van der Waals surface area (Å²) < 4.78 is 0. The van der Waals surface area contributed by atoms with Gasteiger partial charge in [-0.25, -0.2) is 0 Å². The van der Waals surface area contributed by atoms with Gasteiger partial charge in [0, 0.05) is 18.8 Å². The van der Waals surface area contributed by atoms with Crippen LogP contribution in [0.15, 0.2) is 121 Å². The predicted octanol–water partition coefficient (Wildman–Crippen LogP) is 16.7. The second kappa shape index (κ2) is 20.5. The molecule has 0 saturated heterocycles. The van der Waals surface area contributed by atoms with Crippen molar-refractivity contribution in [3.63, 3.8) is 0 Å². The van der Waals surface area contributed by atoms with Crippen LogP contribution in [0, 0.1) is 11.3 Å². The van der Waals surface area contributed by atoms with E-state index in [4.69, 9.17) is 0 Å². The SMILES string of the molecule is CC(Cc1ccc(Cc2ccc(Cc3ccc(Cc4ccc(N(Cc5cc(C(C)C)c(O)c(C(C)(C)C)c5)Cc5cc(C(C)(C)C)c(O)c(C(C)(C)C)c5)cc4)cc3)cc2)cc1)CC(C)(C)C. The number of nitrogens with zero attached hydrogens (tertiary/aromatic N) is 1. The number of benzene rings is 6. The molecule has 6 aromatic rings. The maximum Gasteiger partial charge on any atom is 0.123 e. The van der Waals surface area contributed by atoms with Gasteiger partial charge in [0.2, 0.25) is 0 Å². The Hall–Kier alpha value is -5.28. The highest BCUT2D eigenvalue weighted by atomic mass is 16.3. The molecule has 0 saturated carbocycles. The Labute approximate surface area is 406 Å². The molecule has 0 spiro atoms. The van der Waals surface area contributed by atoms with E-state index >= 15 is 0 Å². The molecule has 1 atom stereocenters. The maximum atomic E-state index is 11.6. The number of hydrogen-bond acceptors (Lipinski definition) is 3. The average Bonchev–Trinajstić information content (AvgIpc) is 3.22. The molecule has 3 heteroatoms. The Morgan fingerprint density at radius 1 is 0.403 bits per heavy atom. The monoisotopic (exact) mass is 898 g/mol. The van der Waals surface area contributed by atoms with Gasteiger partial charge >= 0.3 is 0 Å². The molecule has 6 aromatic carbocycles. The molecule has 3 nitrogen and oxygen atoms in total. The lowest BCUT2D eigenvalue weighted by molar-refractivity contribution is 0.306. The molecule has 0 aliphatic rings. The van der Waals surface area contributed by atoms with Crippen molar-refractivity contribution in [2.75, 3.05) is 4.90 Å². The number of phenols is 2. The average molecular weight is 898 g/mol. The van der Waals surface area contributed by atoms with Crippen LogP contribution in [0.2, 0.25) is 0 Å². The molecule has 0 aliphatic carbocycles. The van der Waals surface area contributed by atoms with Gasteiger partial charge in [-0.3, -0.25) is 0 Å². The van der Waals surface area contributed by atoms with Crippen LogP contribution in [0.25, 0.3) is 0 Å². The highest BCUT2D eigenvalue weighted by Gasteiger charge is 2.28. The summed E-state index contributed by atoms with van der Waals surface area (Å²) >= 11 is 0. The number of rotatable bonds is 15. The largest absolute Gasteiger partial charge is 0.507 e. The third-order valence-electron chi connectivity index (χ3n) is 13.3. The molecular weight excluding hydrogens is 815 g/mol. The van der Waals surface area contributed by atoms with Crippen molar-refractivity contribution in [1.29, 1.82) is 0 Å². The molecule has 0 heterocycles. The summed E-state index contributed by atoms with van der Waals surface area (Å²) in [7, 11) is 0. The van der Waals surface area contributed by atoms with E-state index in [1.807, 2.05) is 0 Å². The molecule has 2 N–H and O–H groups in total. The van der Waals surface area contributed by atoms with Crippen LogP contribution < -0.4 is 4.90 Å². The second-order valence-electron chi connectivity index (χ2n) is 24.6. The minimum absolute atomic E-state index is 0.187. The molecule has 0 aliphatic heterocycles. The zero-order valence-corrected chi connectivity index (χ0v) is 44.0. The van der Waals surface area contributed by atoms with Crippen molar-refractivity contribution >= 4 is 5.69 Å². The summed E-state index contributed by atoms with van der Waals surface area (Å²) in [6, 6.07) is 45.5. The number of phenolic OH excluding ortho intramolecular Hbond substituents is 2. The highest BCUT2D eigenvalue weighted by molar-refractivity contribution is 5.55. The smallest absolute Gasteiger partial charge is 0.123 e. The molecule has 0 bridgehead atoms. The Morgan fingerprint density at radius 2 is 0.716 bits per heavy atom. The lowest BCUT2D eigenvalue weighted by atomic mass is 9.78. The van der Waals surface area contributed by atoms with Crippen LogP contribution in [0.5, 0.6) is 11.5 Å². The maximum absolute atomic E-state index is 11.6. The van der Waals surface area contributed by atoms with Crippen LogP contribution in [0.3, 0.4) is 0 Å². The van der Waals surface area contributed by atoms with Crippen LogP contribution in [0.1, 0.15) is 189 Å². The summed E-state index contributed by atoms with van der Waals surface area (Å²) in [5, 5.41) is 23.0. The van der Waals surface area contributed by atoms with Gasteiger partial charge < -0.3 is 15.1 Å². The zero-order valence-electron chi connectivity index (χ0n) is 44.0. The molecule has 6 rings (SSSR count). The van der Waals surface area contributed by atoms with E-state index in [0.29, 0.717) is 35.9 Å². The first-order chi connectivity index (χ1) is 31.2. The van der Waals surface area contributed by atoms with E-state index in [2.05, 4.69) is 230 Å². The first kappa shape index (κ1) is 51.1. The summed E-state index contributed by atoms with van der Waals surface area (Å²) in [4.78, 5) is 2.45. The molecule has 0 fully saturated rings. The van der Waals surface area contributed by atoms with Crippen molar-refractivity contribution < 1.29 is 10.2 Å². The second-order valence-corrected chi connectivity index (χ2v) is 24.6. The first-order valence-electron chi connectivity index (χ1n) is 25.0. The van der Waals surface area contributed by atoms with Gasteiger partial charge in [0.1, 0.15) is 11.5 Å². The molecule has 67 heavy (non-hydrogen) atoms. The van der Waals surface area contributed by atoms with E-state index < -0.39 is 0 Å². The summed E-state index contributed by atoms with van der Waals surface area (Å²) in [5.74, 6) is 1.69. The lowest BCUT2D eigenvalue weighted by Crippen LogP contribution is -2.24. The van der Waals surface area contributed by atoms with Crippen molar-refractivity contribution in [1.82, 2.24) is 0 Å². The van der Waals surface area contributed by atoms with E-state index in [0.717, 1.165) is 53.6 Å². The van der Waals surface area contributed by atoms with Gasteiger partial charge in [0.05, 0.1) is 0 Å². The number of aromatic hydroxyl groups is 2. The highest BCUT2D eigenvalue weighted by Crippen LogP contribution is 2.42. The molecule has 1 unspecified atom stereocenters. The van der Waals surface area contributed by atoms with E-state index in [1.165, 1.54) is 56.5 Å². The zero-order chi connectivity index (χ0) is 49.1. The van der Waals surface area contributed by atoms with Crippen molar-refractivity contribution in [2.24, 2.45) is 11.3 Å². The fourth-order valence-electron chi connectivity index (χ4n) is 9.83. The van der Waals surface area contributed by atoms with Crippen molar-refractivity contribution in [2.45, 2.75) is 171 Å². The summed E-state index contributed by atoms with van der Waals surface area (Å²) in [6.45, 7) is 34.6. The van der Waals surface area contributed by atoms with Gasteiger partial charge in [-0.05, 0) is 168 Å². The number of anilines is 1. The molecular formula is C64H83NO2. The number of hydrogen-bond donors (Lipinski definition) is 2. The van der Waals surface area contributed by atoms with Gasteiger partial charge in [-0.15, -0.1) is 0 Å². The van der Waals surface area contributed by atoms with E-state index in [9.17, 15) is 10.2 Å². The van der Waals surface area contributed by atoms with Gasteiger partial charge in [0.25, 0.3) is 0 Å². The molecule has 356 valence electrons. The first-order valence-corrected chi connectivity index (χ1v) is 25.0. The van der Waals surface area contributed by atoms with Crippen molar-refractivity contribution in [3.05, 3.63) is 194 Å². The quantitative estimate of drug-likeness (QED) is 0.108. The lowest BCUT2D eigenvalue weighted by Gasteiger charge is -2.31. The van der Waals surface area contributed by atoms with Gasteiger partial charge in [-0.1, -0.05) is 195 Å². The minimum atomic E-state index is -0.222. The van der Waals surface area contributed by atoms with Crippen LogP contribution in [-0.2, 0) is 55.0 Å². The third-order valence-corrected chi connectivity index (χ3v) is 13.3. The van der Waals surface area contributed by atoms with Crippen molar-refractivity contribution in [3.8, 4) is 11.5 Å². The van der Waals surface area contributed by atoms with Crippen LogP contribution in [0.4, 0.5) is 5.69 Å². The Bertz CT molecular complexity index is 2510. The Balaban J connectivity index is 1.17. The normalized spacial score (nSPS) is 13.0. The van der Waals surface area contributed by atoms with Crippen LogP contribution >= 0.6 is 0 Å². The van der Waals surface area contributed by atoms with E-state index in [1.54, 1.807) is 0 Å². The Morgan fingerprint density at radius 3 is 1.04 bits per heavy atom. The Kier molecular flexibility index (Phi) is 15.7. The fourth-order valence-corrected chi connectivity index (χ4v) is 9.83. The van der Waals surface area contributed by atoms with E-state index in [-0.39, 0.29) is 22.2 Å². The third kappa shape index (κ3) is 14.1. The fraction of sp³-hybridized carbons (Fsp3) is 0.438. The molecule has 0 amide bonds. The predicted molar refractivity (Wildman–Crippen MR) is 287 cm³/mol. The van der Waals surface area contributed by atoms with Gasteiger partial charge in [-0.2, -0.15) is 0 Å². The topological polar surface area (TPSA) is 43.7 Å². The van der Waals surface area contributed by atoms with Crippen LogP contribution in [-0.4, -0.2) is 10.2 Å². The standard InChI is InChI=1S/C64H83NO2/c1-43(2)55-36-52(37-56(59(55)66)62(7,8)9)41-65(42-53-38-57(63(10,11)12)60(67)58(39-53)64(13,14)15)54-30-28-51(29-31-54)35-50-26-24-49(25-27-50)34-48-22-20-47(21-23-48)33-46-18-16-45(17-19-46)32-44(3)40-61(4,5)6/h16-31,36-39,43-44,66-67H,32-35,40-42H2,1-15H3. The summed E-state index contributed by atoms with van der Waals surface area (Å²) in [5.41, 5.74) is 16.5. The van der Waals surface area contributed by atoms with Gasteiger partial charge in [0.15, 0.2) is 0 Å². The minimum Gasteiger partial charge on any atom is -0.507 e. The molecule has 0 radical (unpaired) electrons. The molecule has 0 aromatic heterocycles.